The van der Waals surface area contributed by atoms with E-state index in [4.69, 9.17) is 16.3 Å². The lowest BCUT2D eigenvalue weighted by atomic mass is 10.0. The standard InChI is InChI=1S/C21H23ClN2O3/c1-13(21(26)23-18-5-6-18)24-7-8-27-20-16(12-24)9-15(11-19(20)25)14-3-2-4-17(22)10-14/h2-4,9-11,13,18,25H,5-8,12H2,1H3,(H,23,26). The number of nitrogens with one attached hydrogen (secondary N) is 1. The first-order valence-electron chi connectivity index (χ1n) is 9.30. The molecule has 1 fully saturated rings. The Balaban J connectivity index is 1.61. The molecule has 1 aliphatic carbocycles. The molecule has 1 aliphatic heterocycles. The van der Waals surface area contributed by atoms with E-state index in [0.717, 1.165) is 29.5 Å². The molecule has 4 rings (SSSR count). The fraction of sp³-hybridized carbons (Fsp3) is 0.381. The third-order valence-electron chi connectivity index (χ3n) is 5.15. The Morgan fingerprint density at radius 2 is 2.11 bits per heavy atom. The lowest BCUT2D eigenvalue weighted by Crippen LogP contribution is -2.46. The number of phenols is 1. The molecule has 5 nitrogen and oxygen atoms in total. The second kappa shape index (κ2) is 7.41. The van der Waals surface area contributed by atoms with Crippen molar-refractivity contribution in [2.75, 3.05) is 13.2 Å². The van der Waals surface area contributed by atoms with Crippen molar-refractivity contribution in [1.82, 2.24) is 10.2 Å². The van der Waals surface area contributed by atoms with E-state index in [2.05, 4.69) is 10.2 Å². The first-order chi connectivity index (χ1) is 13.0. The van der Waals surface area contributed by atoms with Crippen LogP contribution in [0.1, 0.15) is 25.3 Å². The summed E-state index contributed by atoms with van der Waals surface area (Å²) in [4.78, 5) is 14.5. The van der Waals surface area contributed by atoms with E-state index in [1.54, 1.807) is 6.07 Å². The van der Waals surface area contributed by atoms with E-state index in [1.807, 2.05) is 37.3 Å². The molecule has 1 amide bonds. The van der Waals surface area contributed by atoms with E-state index < -0.39 is 0 Å². The maximum Gasteiger partial charge on any atom is 0.237 e. The van der Waals surface area contributed by atoms with Crippen LogP contribution in [0.4, 0.5) is 0 Å². The third-order valence-corrected chi connectivity index (χ3v) is 5.39. The fourth-order valence-electron chi connectivity index (χ4n) is 3.40. The normalized spacial score (nSPS) is 18.1. The molecule has 1 unspecified atom stereocenters. The van der Waals surface area contributed by atoms with Gasteiger partial charge in [0.05, 0.1) is 6.04 Å². The molecular formula is C21H23ClN2O3. The minimum atomic E-state index is -0.253. The van der Waals surface area contributed by atoms with Gasteiger partial charge < -0.3 is 15.2 Å². The molecule has 2 aromatic rings. The van der Waals surface area contributed by atoms with E-state index in [9.17, 15) is 9.90 Å². The maximum atomic E-state index is 12.5. The fourth-order valence-corrected chi connectivity index (χ4v) is 3.59. The molecule has 6 heteroatoms. The highest BCUT2D eigenvalue weighted by Crippen LogP contribution is 2.38. The smallest absolute Gasteiger partial charge is 0.237 e. The highest BCUT2D eigenvalue weighted by molar-refractivity contribution is 6.30. The van der Waals surface area contributed by atoms with E-state index >= 15 is 0 Å². The number of ether oxygens (including phenoxy) is 1. The van der Waals surface area contributed by atoms with E-state index in [1.165, 1.54) is 0 Å². The third kappa shape index (κ3) is 4.04. The molecule has 0 spiro atoms. The highest BCUT2D eigenvalue weighted by Gasteiger charge is 2.30. The lowest BCUT2D eigenvalue weighted by molar-refractivity contribution is -0.126. The van der Waals surface area contributed by atoms with Gasteiger partial charge in [0.15, 0.2) is 11.5 Å². The highest BCUT2D eigenvalue weighted by atomic mass is 35.5. The van der Waals surface area contributed by atoms with Gasteiger partial charge in [0.2, 0.25) is 5.91 Å². The van der Waals surface area contributed by atoms with Crippen molar-refractivity contribution < 1.29 is 14.6 Å². The van der Waals surface area contributed by atoms with Gasteiger partial charge in [0, 0.05) is 29.7 Å². The van der Waals surface area contributed by atoms with Gasteiger partial charge in [0.1, 0.15) is 6.61 Å². The molecular weight excluding hydrogens is 364 g/mol. The largest absolute Gasteiger partial charge is 0.504 e. The molecule has 27 heavy (non-hydrogen) atoms. The summed E-state index contributed by atoms with van der Waals surface area (Å²) in [6, 6.07) is 11.3. The van der Waals surface area contributed by atoms with Crippen molar-refractivity contribution in [2.45, 2.75) is 38.4 Å². The van der Waals surface area contributed by atoms with Gasteiger partial charge in [-0.1, -0.05) is 23.7 Å². The molecule has 2 aromatic carbocycles. The zero-order chi connectivity index (χ0) is 19.0. The second-order valence-electron chi connectivity index (χ2n) is 7.27. The first kappa shape index (κ1) is 18.1. The molecule has 1 saturated carbocycles. The van der Waals surface area contributed by atoms with Crippen molar-refractivity contribution in [1.29, 1.82) is 0 Å². The van der Waals surface area contributed by atoms with Gasteiger partial charge in [-0.05, 0) is 55.2 Å². The molecule has 2 N–H and O–H groups in total. The molecule has 142 valence electrons. The van der Waals surface area contributed by atoms with Crippen LogP contribution in [-0.4, -0.2) is 41.1 Å². The maximum absolute atomic E-state index is 12.5. The summed E-state index contributed by atoms with van der Waals surface area (Å²) in [7, 11) is 0. The molecule has 0 radical (unpaired) electrons. The number of amides is 1. The number of phenolic OH excluding ortho intramolecular Hbond substituents is 1. The topological polar surface area (TPSA) is 61.8 Å². The molecule has 2 aliphatic rings. The quantitative estimate of drug-likeness (QED) is 0.843. The van der Waals surface area contributed by atoms with Crippen LogP contribution in [0.15, 0.2) is 36.4 Å². The van der Waals surface area contributed by atoms with Crippen LogP contribution in [0.3, 0.4) is 0 Å². The molecule has 1 atom stereocenters. The monoisotopic (exact) mass is 386 g/mol. The van der Waals surface area contributed by atoms with Crippen LogP contribution in [0, 0.1) is 0 Å². The molecule has 0 saturated heterocycles. The lowest BCUT2D eigenvalue weighted by Gasteiger charge is -2.26. The van der Waals surface area contributed by atoms with E-state index in [0.29, 0.717) is 36.5 Å². The average Bonchev–Trinajstić information content (AvgIpc) is 3.47. The SMILES string of the molecule is CC(C(=O)NC1CC1)N1CCOc2c(O)cc(-c3cccc(Cl)c3)cc2C1. The Hall–Kier alpha value is -2.24. The number of hydrogen-bond acceptors (Lipinski definition) is 4. The number of carbonyl (C=O) groups excluding carboxylic acids is 1. The summed E-state index contributed by atoms with van der Waals surface area (Å²) < 4.78 is 5.80. The second-order valence-corrected chi connectivity index (χ2v) is 7.71. The van der Waals surface area contributed by atoms with Gasteiger partial charge in [-0.25, -0.2) is 0 Å². The van der Waals surface area contributed by atoms with Crippen LogP contribution in [0.5, 0.6) is 11.5 Å². The summed E-state index contributed by atoms with van der Waals surface area (Å²) in [6.45, 7) is 3.51. The number of hydrogen-bond donors (Lipinski definition) is 2. The van der Waals surface area contributed by atoms with Crippen LogP contribution in [-0.2, 0) is 11.3 Å². The number of halogens is 1. The van der Waals surface area contributed by atoms with Crippen molar-refractivity contribution >= 4 is 17.5 Å². The minimum absolute atomic E-state index is 0.0520. The number of fused-ring (bicyclic) bond motifs is 1. The van der Waals surface area contributed by atoms with Gasteiger partial charge in [-0.2, -0.15) is 0 Å². The van der Waals surface area contributed by atoms with Gasteiger partial charge in [0.25, 0.3) is 0 Å². The summed E-state index contributed by atoms with van der Waals surface area (Å²) in [5.41, 5.74) is 2.67. The Morgan fingerprint density at radius 1 is 1.30 bits per heavy atom. The molecule has 0 bridgehead atoms. The number of carbonyl (C=O) groups is 1. The van der Waals surface area contributed by atoms with Crippen LogP contribution in [0.2, 0.25) is 5.02 Å². The van der Waals surface area contributed by atoms with Crippen molar-refractivity contribution in [3.8, 4) is 22.6 Å². The van der Waals surface area contributed by atoms with Crippen LogP contribution >= 0.6 is 11.6 Å². The molecule has 1 heterocycles. The summed E-state index contributed by atoms with van der Waals surface area (Å²) >= 11 is 6.11. The van der Waals surface area contributed by atoms with Gasteiger partial charge in [-0.3, -0.25) is 9.69 Å². The Labute approximate surface area is 163 Å². The number of aromatic hydroxyl groups is 1. The van der Waals surface area contributed by atoms with Crippen molar-refractivity contribution in [3.63, 3.8) is 0 Å². The zero-order valence-corrected chi connectivity index (χ0v) is 16.0. The summed E-state index contributed by atoms with van der Waals surface area (Å²) in [6.07, 6.45) is 2.14. The van der Waals surface area contributed by atoms with Crippen molar-refractivity contribution in [3.05, 3.63) is 47.0 Å². The van der Waals surface area contributed by atoms with Gasteiger partial charge in [-0.15, -0.1) is 0 Å². The predicted octanol–water partition coefficient (Wildman–Crippen LogP) is 3.57. The zero-order valence-electron chi connectivity index (χ0n) is 15.2. The number of rotatable bonds is 4. The van der Waals surface area contributed by atoms with E-state index in [-0.39, 0.29) is 17.7 Å². The Morgan fingerprint density at radius 3 is 2.85 bits per heavy atom. The Bertz CT molecular complexity index is 867. The summed E-state index contributed by atoms with van der Waals surface area (Å²) in [5.74, 6) is 0.661. The number of benzene rings is 2. The predicted molar refractivity (Wildman–Crippen MR) is 105 cm³/mol. The molecule has 0 aromatic heterocycles. The van der Waals surface area contributed by atoms with Crippen LogP contribution in [0.25, 0.3) is 11.1 Å². The average molecular weight is 387 g/mol. The number of nitrogens with zero attached hydrogens (tertiary/aromatic N) is 1. The van der Waals surface area contributed by atoms with Crippen LogP contribution < -0.4 is 10.1 Å². The first-order valence-corrected chi connectivity index (χ1v) is 9.68. The van der Waals surface area contributed by atoms with Crippen molar-refractivity contribution in [2.24, 2.45) is 0 Å². The summed E-state index contributed by atoms with van der Waals surface area (Å²) in [5, 5.41) is 14.2. The minimum Gasteiger partial charge on any atom is -0.504 e. The van der Waals surface area contributed by atoms with Gasteiger partial charge >= 0.3 is 0 Å². The Kier molecular flexibility index (Phi) is 4.98.